The third-order valence-electron chi connectivity index (χ3n) is 5.69. The zero-order valence-electron chi connectivity index (χ0n) is 17.4. The van der Waals surface area contributed by atoms with Gasteiger partial charge in [0, 0.05) is 17.5 Å². The van der Waals surface area contributed by atoms with E-state index in [9.17, 15) is 4.79 Å². The first-order valence-electron chi connectivity index (χ1n) is 10.2. The number of hydrogen-bond donors (Lipinski definition) is 1. The summed E-state index contributed by atoms with van der Waals surface area (Å²) in [6.45, 7) is 8.28. The van der Waals surface area contributed by atoms with Gasteiger partial charge < -0.3 is 5.32 Å². The number of nitrogens with zero attached hydrogens (tertiary/aromatic N) is 4. The van der Waals surface area contributed by atoms with E-state index in [0.29, 0.717) is 17.9 Å². The molecule has 1 aliphatic rings. The zero-order chi connectivity index (χ0) is 20.6. The standard InChI is InChI=1S/C23H27N5O/c1-5-21-25-26-27-28(21)20-13-17(16-8-6-15(2)7-9-16)12-18(14-20)22(29)24-23(3,4)19-10-11-19/h6-9,12-14,19H,5,10-11H2,1-4H3,(H,24,29). The maximum Gasteiger partial charge on any atom is 0.251 e. The number of benzene rings is 2. The minimum Gasteiger partial charge on any atom is -0.347 e. The molecule has 0 aliphatic heterocycles. The molecule has 0 spiro atoms. The summed E-state index contributed by atoms with van der Waals surface area (Å²) in [5, 5.41) is 15.3. The molecule has 1 fully saturated rings. The Morgan fingerprint density at radius 3 is 2.52 bits per heavy atom. The minimum absolute atomic E-state index is 0.0664. The van der Waals surface area contributed by atoms with Crippen LogP contribution in [0.2, 0.25) is 0 Å². The zero-order valence-corrected chi connectivity index (χ0v) is 17.4. The Labute approximate surface area is 171 Å². The molecule has 6 nitrogen and oxygen atoms in total. The number of amides is 1. The second kappa shape index (κ2) is 7.43. The number of hydrogen-bond acceptors (Lipinski definition) is 4. The van der Waals surface area contributed by atoms with Gasteiger partial charge in [-0.25, -0.2) is 0 Å². The summed E-state index contributed by atoms with van der Waals surface area (Å²) in [5.41, 5.74) is 4.42. The van der Waals surface area contributed by atoms with Crippen molar-refractivity contribution in [1.82, 2.24) is 25.5 Å². The molecular weight excluding hydrogens is 362 g/mol. The summed E-state index contributed by atoms with van der Waals surface area (Å²) in [5.74, 6) is 1.25. The van der Waals surface area contributed by atoms with Crippen LogP contribution >= 0.6 is 0 Å². The summed E-state index contributed by atoms with van der Waals surface area (Å²) < 4.78 is 1.71. The lowest BCUT2D eigenvalue weighted by atomic mass is 9.96. The molecule has 1 saturated carbocycles. The van der Waals surface area contributed by atoms with Crippen molar-refractivity contribution in [2.45, 2.75) is 52.5 Å². The van der Waals surface area contributed by atoms with Crippen LogP contribution in [0, 0.1) is 12.8 Å². The number of aryl methyl sites for hydroxylation is 2. The van der Waals surface area contributed by atoms with Crippen molar-refractivity contribution in [3.05, 3.63) is 59.4 Å². The molecule has 6 heteroatoms. The van der Waals surface area contributed by atoms with Crippen molar-refractivity contribution in [2.24, 2.45) is 5.92 Å². The molecule has 1 amide bonds. The molecule has 3 aromatic rings. The van der Waals surface area contributed by atoms with E-state index in [0.717, 1.165) is 22.6 Å². The van der Waals surface area contributed by atoms with E-state index in [2.05, 4.69) is 65.9 Å². The summed E-state index contributed by atoms with van der Waals surface area (Å²) in [4.78, 5) is 13.1. The average molecular weight is 390 g/mol. The highest BCUT2D eigenvalue weighted by Gasteiger charge is 2.38. The first-order valence-corrected chi connectivity index (χ1v) is 10.2. The largest absolute Gasteiger partial charge is 0.347 e. The van der Waals surface area contributed by atoms with Crippen LogP contribution in [0.1, 0.15) is 55.4 Å². The Morgan fingerprint density at radius 1 is 1.14 bits per heavy atom. The Morgan fingerprint density at radius 2 is 1.86 bits per heavy atom. The first-order chi connectivity index (χ1) is 13.9. The van der Waals surface area contributed by atoms with Crippen LogP contribution < -0.4 is 5.32 Å². The highest BCUT2D eigenvalue weighted by Crippen LogP contribution is 2.39. The SMILES string of the molecule is CCc1nnnn1-c1cc(C(=O)NC(C)(C)C2CC2)cc(-c2ccc(C)cc2)c1. The molecule has 0 saturated heterocycles. The number of aromatic nitrogens is 4. The Bertz CT molecular complexity index is 1030. The van der Waals surface area contributed by atoms with E-state index in [1.807, 2.05) is 25.1 Å². The van der Waals surface area contributed by atoms with Gasteiger partial charge in [0.1, 0.15) is 0 Å². The van der Waals surface area contributed by atoms with E-state index in [-0.39, 0.29) is 11.4 Å². The molecule has 150 valence electrons. The molecule has 1 N–H and O–H groups in total. The van der Waals surface area contributed by atoms with Gasteiger partial charge in [0.05, 0.1) is 5.69 Å². The second-order valence-electron chi connectivity index (χ2n) is 8.45. The quantitative estimate of drug-likeness (QED) is 0.688. The summed E-state index contributed by atoms with van der Waals surface area (Å²) >= 11 is 0. The van der Waals surface area contributed by atoms with Gasteiger partial charge in [0.25, 0.3) is 5.91 Å². The number of tetrazole rings is 1. The molecule has 0 atom stereocenters. The van der Waals surface area contributed by atoms with Gasteiger partial charge in [-0.15, -0.1) is 5.10 Å². The molecular formula is C23H27N5O. The van der Waals surface area contributed by atoms with Crippen molar-refractivity contribution >= 4 is 5.91 Å². The predicted octanol–water partition coefficient (Wildman–Crippen LogP) is 4.12. The van der Waals surface area contributed by atoms with Crippen molar-refractivity contribution in [3.8, 4) is 16.8 Å². The van der Waals surface area contributed by atoms with Crippen molar-refractivity contribution in [3.63, 3.8) is 0 Å². The molecule has 1 aromatic heterocycles. The van der Waals surface area contributed by atoms with Crippen LogP contribution in [-0.2, 0) is 6.42 Å². The molecule has 1 aliphatic carbocycles. The molecule has 0 bridgehead atoms. The predicted molar refractivity (Wildman–Crippen MR) is 113 cm³/mol. The molecule has 0 radical (unpaired) electrons. The Balaban J connectivity index is 1.77. The van der Waals surface area contributed by atoms with Crippen LogP contribution in [0.4, 0.5) is 0 Å². The maximum atomic E-state index is 13.1. The summed E-state index contributed by atoms with van der Waals surface area (Å²) in [6.07, 6.45) is 3.05. The Hall–Kier alpha value is -3.02. The number of carbonyl (C=O) groups excluding carboxylic acids is 1. The van der Waals surface area contributed by atoms with E-state index < -0.39 is 0 Å². The molecule has 0 unspecified atom stereocenters. The highest BCUT2D eigenvalue weighted by molar-refractivity contribution is 5.96. The lowest BCUT2D eigenvalue weighted by molar-refractivity contribution is 0.0903. The normalized spacial score (nSPS) is 14.1. The second-order valence-corrected chi connectivity index (χ2v) is 8.45. The minimum atomic E-state index is -0.208. The smallest absolute Gasteiger partial charge is 0.251 e. The van der Waals surface area contributed by atoms with Crippen LogP contribution in [0.15, 0.2) is 42.5 Å². The van der Waals surface area contributed by atoms with Gasteiger partial charge in [-0.1, -0.05) is 36.8 Å². The van der Waals surface area contributed by atoms with Crippen molar-refractivity contribution < 1.29 is 4.79 Å². The number of rotatable bonds is 6. The number of carbonyl (C=O) groups is 1. The monoisotopic (exact) mass is 389 g/mol. The third-order valence-corrected chi connectivity index (χ3v) is 5.69. The van der Waals surface area contributed by atoms with Gasteiger partial charge in [-0.3, -0.25) is 4.79 Å². The molecule has 4 rings (SSSR count). The summed E-state index contributed by atoms with van der Waals surface area (Å²) in [7, 11) is 0. The fourth-order valence-electron chi connectivity index (χ4n) is 3.68. The molecule has 1 heterocycles. The van der Waals surface area contributed by atoms with E-state index in [4.69, 9.17) is 0 Å². The van der Waals surface area contributed by atoms with Gasteiger partial charge in [0.15, 0.2) is 5.82 Å². The van der Waals surface area contributed by atoms with E-state index in [1.165, 1.54) is 18.4 Å². The van der Waals surface area contributed by atoms with Crippen LogP contribution in [-0.4, -0.2) is 31.7 Å². The topological polar surface area (TPSA) is 72.7 Å². The fourth-order valence-corrected chi connectivity index (χ4v) is 3.68. The highest BCUT2D eigenvalue weighted by atomic mass is 16.1. The lowest BCUT2D eigenvalue weighted by Crippen LogP contribution is -2.45. The van der Waals surface area contributed by atoms with Gasteiger partial charge in [-0.05, 0) is 79.3 Å². The Kier molecular flexibility index (Phi) is 4.94. The van der Waals surface area contributed by atoms with E-state index >= 15 is 0 Å². The summed E-state index contributed by atoms with van der Waals surface area (Å²) in [6, 6.07) is 14.1. The van der Waals surface area contributed by atoms with Crippen molar-refractivity contribution in [2.75, 3.05) is 0 Å². The van der Waals surface area contributed by atoms with Crippen LogP contribution in [0.25, 0.3) is 16.8 Å². The van der Waals surface area contributed by atoms with Crippen molar-refractivity contribution in [1.29, 1.82) is 0 Å². The van der Waals surface area contributed by atoms with Gasteiger partial charge in [-0.2, -0.15) is 4.68 Å². The average Bonchev–Trinajstić information content (AvgIpc) is 3.46. The fraction of sp³-hybridized carbons (Fsp3) is 0.391. The molecule has 29 heavy (non-hydrogen) atoms. The maximum absolute atomic E-state index is 13.1. The van der Waals surface area contributed by atoms with Gasteiger partial charge >= 0.3 is 0 Å². The third kappa shape index (κ3) is 4.06. The van der Waals surface area contributed by atoms with Crippen LogP contribution in [0.5, 0.6) is 0 Å². The number of nitrogens with one attached hydrogen (secondary N) is 1. The lowest BCUT2D eigenvalue weighted by Gasteiger charge is -2.26. The molecule has 2 aromatic carbocycles. The van der Waals surface area contributed by atoms with Crippen LogP contribution in [0.3, 0.4) is 0 Å². The first kappa shape index (κ1) is 19.3. The van der Waals surface area contributed by atoms with Gasteiger partial charge in [0.2, 0.25) is 0 Å². The van der Waals surface area contributed by atoms with E-state index in [1.54, 1.807) is 4.68 Å².